The van der Waals surface area contributed by atoms with E-state index in [0.29, 0.717) is 37.5 Å². The zero-order valence-electron chi connectivity index (χ0n) is 32.0. The van der Waals surface area contributed by atoms with Crippen molar-refractivity contribution >= 4 is 24.8 Å². The molecule has 0 spiro atoms. The van der Waals surface area contributed by atoms with Crippen molar-refractivity contribution in [2.75, 3.05) is 27.4 Å². The number of aliphatic hydroxyl groups is 1. The summed E-state index contributed by atoms with van der Waals surface area (Å²) in [6.07, 6.45) is 1.07. The van der Waals surface area contributed by atoms with Crippen LogP contribution in [0.4, 0.5) is 4.79 Å². The molecule has 1 aliphatic heterocycles. The summed E-state index contributed by atoms with van der Waals surface area (Å²) < 4.78 is 24.2. The summed E-state index contributed by atoms with van der Waals surface area (Å²) in [5.74, 6) is 1.22. The lowest BCUT2D eigenvalue weighted by Crippen LogP contribution is -2.66. The lowest BCUT2D eigenvalue weighted by atomic mass is 9.80. The Bertz CT molecular complexity index is 1550. The minimum absolute atomic E-state index is 0.108. The fourth-order valence-electron chi connectivity index (χ4n) is 7.26. The first-order valence-electron chi connectivity index (χ1n) is 17.8. The van der Waals surface area contributed by atoms with E-state index in [-0.39, 0.29) is 16.9 Å². The predicted octanol–water partition coefficient (Wildman–Crippen LogP) is 8.23. The number of benzene rings is 3. The third-order valence-corrected chi connectivity index (χ3v) is 14.8. The van der Waals surface area contributed by atoms with Gasteiger partial charge in [-0.05, 0) is 89.7 Å². The molecule has 8 heteroatoms. The summed E-state index contributed by atoms with van der Waals surface area (Å²) >= 11 is 0. The van der Waals surface area contributed by atoms with Crippen molar-refractivity contribution < 1.29 is 28.5 Å². The molecule has 4 rings (SSSR count). The smallest absolute Gasteiger partial charge is 0.410 e. The Hall–Kier alpha value is -3.59. The standard InChI is InChI=1S/C42H59NO6Si/c1-30(29-42(8,9)23-25-48-50(41(5,6)7,32-18-14-12-15-19-32)33-20-16-13-17-21-33)36(44)28-35-34-27-38(47-11)37(46-10)26-31(34)22-24-43(35)39(45)49-40(2,3)4/h12-21,26-27,35-36,44H,1,22-25,28-29H2,2-11H3/t35-,36?/m0/s1. The molecule has 0 aromatic heterocycles. The predicted molar refractivity (Wildman–Crippen MR) is 205 cm³/mol. The van der Waals surface area contributed by atoms with Gasteiger partial charge in [-0.2, -0.15) is 0 Å². The van der Waals surface area contributed by atoms with Gasteiger partial charge < -0.3 is 28.6 Å². The fraction of sp³-hybridized carbons (Fsp3) is 0.500. The molecule has 0 saturated carbocycles. The number of methoxy groups -OCH3 is 2. The Balaban J connectivity index is 1.53. The number of carbonyl (C=O) groups excluding carboxylic acids is 1. The van der Waals surface area contributed by atoms with Crippen molar-refractivity contribution in [2.45, 2.75) is 104 Å². The number of nitrogens with zero attached hydrogens (tertiary/aromatic N) is 1. The van der Waals surface area contributed by atoms with Crippen LogP contribution in [0, 0.1) is 5.41 Å². The van der Waals surface area contributed by atoms with Gasteiger partial charge in [0.1, 0.15) is 5.60 Å². The van der Waals surface area contributed by atoms with Crippen molar-refractivity contribution in [1.29, 1.82) is 0 Å². The van der Waals surface area contributed by atoms with Crippen LogP contribution in [0.2, 0.25) is 5.04 Å². The van der Waals surface area contributed by atoms with E-state index in [9.17, 15) is 9.90 Å². The van der Waals surface area contributed by atoms with E-state index in [1.165, 1.54) is 10.4 Å². The normalized spacial score (nSPS) is 16.0. The molecule has 1 amide bonds. The Morgan fingerprint density at radius 2 is 1.44 bits per heavy atom. The second-order valence-corrected chi connectivity index (χ2v) is 20.7. The Morgan fingerprint density at radius 3 is 1.94 bits per heavy atom. The molecule has 0 aliphatic carbocycles. The fourth-order valence-corrected chi connectivity index (χ4v) is 11.8. The van der Waals surface area contributed by atoms with Crippen LogP contribution < -0.4 is 19.8 Å². The van der Waals surface area contributed by atoms with Crippen molar-refractivity contribution in [3.63, 3.8) is 0 Å². The van der Waals surface area contributed by atoms with E-state index in [2.05, 4.69) is 102 Å². The lowest BCUT2D eigenvalue weighted by molar-refractivity contribution is 0.00877. The van der Waals surface area contributed by atoms with Crippen molar-refractivity contribution in [3.05, 3.63) is 96.1 Å². The second-order valence-electron chi connectivity index (χ2n) is 16.4. The zero-order chi connectivity index (χ0) is 36.9. The van der Waals surface area contributed by atoms with Crippen LogP contribution in [0.1, 0.15) is 91.8 Å². The number of ether oxygens (including phenoxy) is 3. The maximum atomic E-state index is 13.5. The van der Waals surface area contributed by atoms with Crippen LogP contribution in [0.25, 0.3) is 0 Å². The highest BCUT2D eigenvalue weighted by Crippen LogP contribution is 2.42. The number of rotatable bonds is 13. The first-order valence-corrected chi connectivity index (χ1v) is 19.7. The maximum absolute atomic E-state index is 13.5. The van der Waals surface area contributed by atoms with E-state index < -0.39 is 32.2 Å². The van der Waals surface area contributed by atoms with Gasteiger partial charge in [-0.15, -0.1) is 0 Å². The average Bonchev–Trinajstić information content (AvgIpc) is 3.05. The number of amides is 1. The van der Waals surface area contributed by atoms with Gasteiger partial charge >= 0.3 is 6.09 Å². The number of hydrogen-bond acceptors (Lipinski definition) is 6. The monoisotopic (exact) mass is 701 g/mol. The lowest BCUT2D eigenvalue weighted by Gasteiger charge is -2.43. The van der Waals surface area contributed by atoms with Gasteiger partial charge in [0, 0.05) is 19.6 Å². The molecule has 0 radical (unpaired) electrons. The van der Waals surface area contributed by atoms with Crippen LogP contribution >= 0.6 is 0 Å². The molecule has 1 unspecified atom stereocenters. The van der Waals surface area contributed by atoms with E-state index in [0.717, 1.165) is 23.1 Å². The first-order chi connectivity index (χ1) is 23.4. The SMILES string of the molecule is C=C(CC(C)(C)CCO[Si](c1ccccc1)(c1ccccc1)C(C)(C)C)C(O)C[C@H]1c2cc(OC)c(OC)cc2CCN1C(=O)OC(C)(C)C. The van der Waals surface area contributed by atoms with Crippen LogP contribution in [0.5, 0.6) is 11.5 Å². The summed E-state index contributed by atoms with van der Waals surface area (Å²) in [5, 5.41) is 14.1. The van der Waals surface area contributed by atoms with Crippen LogP contribution in [0.3, 0.4) is 0 Å². The molecule has 50 heavy (non-hydrogen) atoms. The van der Waals surface area contributed by atoms with Crippen LogP contribution in [-0.2, 0) is 15.6 Å². The number of hydrogen-bond donors (Lipinski definition) is 1. The van der Waals surface area contributed by atoms with Gasteiger partial charge in [-0.1, -0.05) is 102 Å². The highest BCUT2D eigenvalue weighted by atomic mass is 28.4. The molecule has 1 aliphatic rings. The maximum Gasteiger partial charge on any atom is 0.410 e. The van der Waals surface area contributed by atoms with Crippen molar-refractivity contribution in [1.82, 2.24) is 4.90 Å². The average molecular weight is 702 g/mol. The molecule has 7 nitrogen and oxygen atoms in total. The molecular formula is C42H59NO6Si. The Morgan fingerprint density at radius 1 is 0.900 bits per heavy atom. The quantitative estimate of drug-likeness (QED) is 0.143. The van der Waals surface area contributed by atoms with E-state index in [1.807, 2.05) is 32.9 Å². The number of aliphatic hydroxyl groups excluding tert-OH is 1. The highest BCUT2D eigenvalue weighted by molar-refractivity contribution is 6.99. The molecular weight excluding hydrogens is 643 g/mol. The highest BCUT2D eigenvalue weighted by Gasteiger charge is 2.50. The molecule has 0 fully saturated rings. The molecule has 272 valence electrons. The summed E-state index contributed by atoms with van der Waals surface area (Å²) in [6.45, 7) is 22.3. The Kier molecular flexibility index (Phi) is 12.3. The van der Waals surface area contributed by atoms with E-state index in [1.54, 1.807) is 19.1 Å². The number of carbonyl (C=O) groups is 1. The van der Waals surface area contributed by atoms with Gasteiger partial charge in [-0.25, -0.2) is 4.79 Å². The number of fused-ring (bicyclic) bond motifs is 1. The van der Waals surface area contributed by atoms with Gasteiger partial charge in [0.15, 0.2) is 11.5 Å². The summed E-state index contributed by atoms with van der Waals surface area (Å²) in [5.41, 5.74) is 1.87. The third-order valence-electron chi connectivity index (χ3n) is 9.77. The van der Waals surface area contributed by atoms with Crippen molar-refractivity contribution in [2.24, 2.45) is 5.41 Å². The zero-order valence-corrected chi connectivity index (χ0v) is 33.0. The molecule has 0 bridgehead atoms. The van der Waals surface area contributed by atoms with Crippen LogP contribution in [0.15, 0.2) is 84.9 Å². The van der Waals surface area contributed by atoms with Crippen molar-refractivity contribution in [3.8, 4) is 11.5 Å². The molecule has 2 atom stereocenters. The van der Waals surface area contributed by atoms with Gasteiger partial charge in [0.2, 0.25) is 0 Å². The molecule has 3 aromatic carbocycles. The van der Waals surface area contributed by atoms with Gasteiger partial charge in [-0.3, -0.25) is 0 Å². The third kappa shape index (κ3) is 9.00. The summed E-state index contributed by atoms with van der Waals surface area (Å²) in [4.78, 5) is 15.2. The summed E-state index contributed by atoms with van der Waals surface area (Å²) in [7, 11) is 0.554. The molecule has 1 heterocycles. The van der Waals surface area contributed by atoms with Gasteiger partial charge in [0.25, 0.3) is 8.32 Å². The minimum atomic E-state index is -2.66. The van der Waals surface area contributed by atoms with Gasteiger partial charge in [0.05, 0.1) is 26.4 Å². The van der Waals surface area contributed by atoms with Crippen LogP contribution in [-0.4, -0.2) is 63.5 Å². The second kappa shape index (κ2) is 15.7. The largest absolute Gasteiger partial charge is 0.493 e. The Labute approximate surface area is 301 Å². The molecule has 0 saturated heterocycles. The topological polar surface area (TPSA) is 77.5 Å². The van der Waals surface area contributed by atoms with E-state index in [4.69, 9.17) is 18.6 Å². The summed E-state index contributed by atoms with van der Waals surface area (Å²) in [6, 6.07) is 24.8. The van der Waals surface area contributed by atoms with E-state index >= 15 is 0 Å². The molecule has 1 N–H and O–H groups in total. The molecule has 3 aromatic rings. The minimum Gasteiger partial charge on any atom is -0.493 e. The first kappa shape index (κ1) is 39.2.